The number of hydrogen-bond donors (Lipinski definition) is 0. The number of pyridine rings is 1. The van der Waals surface area contributed by atoms with Crippen LogP contribution >= 0.6 is 46.4 Å². The van der Waals surface area contributed by atoms with Crippen molar-refractivity contribution >= 4 is 52.1 Å². The SMILES string of the molecule is CCC(C)ON=C(c1ccccc1)c1ccc(OCCCOc2c(Cl)cc(OCC=C(Cl)Cl)cc2Cl)nc1. The van der Waals surface area contributed by atoms with Gasteiger partial charge in [0.2, 0.25) is 5.88 Å². The van der Waals surface area contributed by atoms with Gasteiger partial charge >= 0.3 is 0 Å². The molecule has 1 heterocycles. The summed E-state index contributed by atoms with van der Waals surface area (Å²) >= 11 is 23.7. The second-order valence-corrected chi connectivity index (χ2v) is 9.91. The first kappa shape index (κ1) is 29.9. The molecule has 1 aromatic heterocycles. The zero-order valence-corrected chi connectivity index (χ0v) is 24.0. The normalized spacial score (nSPS) is 12.0. The molecule has 3 rings (SSSR count). The van der Waals surface area contributed by atoms with Crippen molar-refractivity contribution in [2.75, 3.05) is 19.8 Å². The van der Waals surface area contributed by atoms with Crippen LogP contribution in [0.25, 0.3) is 0 Å². The standard InChI is InChI=1S/C28H28Cl4N2O4/c1-3-19(2)38-34-27(20-8-5-4-6-9-20)21-10-11-26(33-18-21)36-13-7-14-37-28-23(29)16-22(17-24(28)30)35-15-12-25(31)32/h4-6,8-12,16-19H,3,7,13-15H2,1-2H3. The van der Waals surface area contributed by atoms with Crippen LogP contribution in [0.15, 0.2) is 76.5 Å². The zero-order chi connectivity index (χ0) is 27.3. The summed E-state index contributed by atoms with van der Waals surface area (Å²) in [7, 11) is 0. The molecule has 38 heavy (non-hydrogen) atoms. The lowest BCUT2D eigenvalue weighted by molar-refractivity contribution is 0.0702. The van der Waals surface area contributed by atoms with Gasteiger partial charge in [-0.1, -0.05) is 88.8 Å². The molecule has 0 fully saturated rings. The van der Waals surface area contributed by atoms with E-state index in [0.717, 1.165) is 17.5 Å². The van der Waals surface area contributed by atoms with Crippen molar-refractivity contribution in [3.63, 3.8) is 0 Å². The zero-order valence-electron chi connectivity index (χ0n) is 21.0. The Balaban J connectivity index is 1.52. The van der Waals surface area contributed by atoms with Crippen LogP contribution in [0.2, 0.25) is 10.0 Å². The second kappa shape index (κ2) is 15.7. The Hall–Kier alpha value is -2.64. The van der Waals surface area contributed by atoms with Gasteiger partial charge in [-0.2, -0.15) is 0 Å². The lowest BCUT2D eigenvalue weighted by Gasteiger charge is -2.13. The molecule has 0 saturated carbocycles. The number of hydrogen-bond acceptors (Lipinski definition) is 6. The van der Waals surface area contributed by atoms with Crippen molar-refractivity contribution in [3.8, 4) is 17.4 Å². The van der Waals surface area contributed by atoms with Gasteiger partial charge < -0.3 is 19.0 Å². The van der Waals surface area contributed by atoms with Gasteiger partial charge in [-0.15, -0.1) is 0 Å². The Labute approximate surface area is 243 Å². The molecule has 0 aliphatic carbocycles. The molecule has 3 aromatic rings. The van der Waals surface area contributed by atoms with E-state index in [9.17, 15) is 0 Å². The molecule has 0 aliphatic heterocycles. The third-order valence-corrected chi connectivity index (χ3v) is 6.07. The molecule has 0 bridgehead atoms. The van der Waals surface area contributed by atoms with Crippen molar-refractivity contribution in [3.05, 3.63) is 92.5 Å². The molecule has 202 valence electrons. The van der Waals surface area contributed by atoms with Gasteiger partial charge in [0.25, 0.3) is 0 Å². The Morgan fingerprint density at radius 3 is 2.29 bits per heavy atom. The molecule has 0 saturated heterocycles. The topological polar surface area (TPSA) is 62.2 Å². The monoisotopic (exact) mass is 596 g/mol. The highest BCUT2D eigenvalue weighted by Gasteiger charge is 2.12. The van der Waals surface area contributed by atoms with Crippen molar-refractivity contribution < 1.29 is 19.0 Å². The maximum absolute atomic E-state index is 6.30. The van der Waals surface area contributed by atoms with E-state index in [4.69, 9.17) is 65.5 Å². The highest BCUT2D eigenvalue weighted by Crippen LogP contribution is 2.37. The molecule has 0 N–H and O–H groups in total. The van der Waals surface area contributed by atoms with Gasteiger partial charge in [-0.25, -0.2) is 4.98 Å². The number of halogens is 4. The Morgan fingerprint density at radius 2 is 1.66 bits per heavy atom. The van der Waals surface area contributed by atoms with Crippen LogP contribution in [0.1, 0.15) is 37.8 Å². The molecule has 0 aliphatic rings. The fourth-order valence-corrected chi connectivity index (χ4v) is 3.76. The smallest absolute Gasteiger partial charge is 0.213 e. The van der Waals surface area contributed by atoms with E-state index in [0.29, 0.717) is 52.8 Å². The van der Waals surface area contributed by atoms with E-state index in [2.05, 4.69) is 17.1 Å². The van der Waals surface area contributed by atoms with E-state index < -0.39 is 0 Å². The average molecular weight is 598 g/mol. The quantitative estimate of drug-likeness (QED) is 0.106. The highest BCUT2D eigenvalue weighted by atomic mass is 35.5. The predicted octanol–water partition coefficient (Wildman–Crippen LogP) is 8.50. The van der Waals surface area contributed by atoms with E-state index >= 15 is 0 Å². The molecule has 2 aromatic carbocycles. The largest absolute Gasteiger partial charge is 0.490 e. The summed E-state index contributed by atoms with van der Waals surface area (Å²) < 4.78 is 17.1. The first-order valence-electron chi connectivity index (χ1n) is 12.0. The maximum Gasteiger partial charge on any atom is 0.213 e. The summed E-state index contributed by atoms with van der Waals surface area (Å²) in [6.07, 6.45) is 4.70. The summed E-state index contributed by atoms with van der Waals surface area (Å²) in [6.45, 7) is 4.96. The lowest BCUT2D eigenvalue weighted by Crippen LogP contribution is -2.09. The summed E-state index contributed by atoms with van der Waals surface area (Å²) in [6, 6.07) is 16.8. The molecular formula is C28H28Cl4N2O4. The third-order valence-electron chi connectivity index (χ3n) is 5.20. The molecule has 0 radical (unpaired) electrons. The summed E-state index contributed by atoms with van der Waals surface area (Å²) in [4.78, 5) is 10.1. The molecule has 0 spiro atoms. The Morgan fingerprint density at radius 1 is 0.947 bits per heavy atom. The minimum absolute atomic E-state index is 0.0145. The van der Waals surface area contributed by atoms with Crippen molar-refractivity contribution in [1.29, 1.82) is 0 Å². The van der Waals surface area contributed by atoms with Crippen LogP contribution < -0.4 is 14.2 Å². The van der Waals surface area contributed by atoms with E-state index in [1.165, 1.54) is 6.08 Å². The van der Waals surface area contributed by atoms with Crippen LogP contribution in [-0.2, 0) is 4.84 Å². The van der Waals surface area contributed by atoms with Crippen molar-refractivity contribution in [2.45, 2.75) is 32.8 Å². The first-order valence-corrected chi connectivity index (χ1v) is 13.5. The molecule has 0 amide bonds. The molecule has 1 atom stereocenters. The minimum Gasteiger partial charge on any atom is -0.490 e. The second-order valence-electron chi connectivity index (χ2n) is 8.09. The fraction of sp³-hybridized carbons (Fsp3) is 0.286. The van der Waals surface area contributed by atoms with Crippen LogP contribution in [0.3, 0.4) is 0 Å². The van der Waals surface area contributed by atoms with Crippen molar-refractivity contribution in [1.82, 2.24) is 4.98 Å². The van der Waals surface area contributed by atoms with Crippen LogP contribution in [0.5, 0.6) is 17.4 Å². The Bertz CT molecular complexity index is 1190. The molecule has 6 nitrogen and oxygen atoms in total. The number of oxime groups is 1. The number of ether oxygens (including phenoxy) is 3. The van der Waals surface area contributed by atoms with Gasteiger partial charge in [0, 0.05) is 41.9 Å². The summed E-state index contributed by atoms with van der Waals surface area (Å²) in [5.74, 6) is 1.34. The van der Waals surface area contributed by atoms with Gasteiger partial charge in [0.1, 0.15) is 28.7 Å². The van der Waals surface area contributed by atoms with Gasteiger partial charge in [0.15, 0.2) is 5.75 Å². The predicted molar refractivity (Wildman–Crippen MR) is 155 cm³/mol. The maximum atomic E-state index is 6.30. The fourth-order valence-electron chi connectivity index (χ4n) is 3.06. The van der Waals surface area contributed by atoms with Crippen LogP contribution in [-0.4, -0.2) is 36.6 Å². The van der Waals surface area contributed by atoms with Gasteiger partial charge in [0.05, 0.1) is 23.3 Å². The van der Waals surface area contributed by atoms with Crippen molar-refractivity contribution in [2.24, 2.45) is 5.16 Å². The van der Waals surface area contributed by atoms with E-state index in [-0.39, 0.29) is 17.2 Å². The van der Waals surface area contributed by atoms with E-state index in [1.807, 2.05) is 43.3 Å². The minimum atomic E-state index is 0.0145. The number of rotatable bonds is 14. The third kappa shape index (κ3) is 9.59. The highest BCUT2D eigenvalue weighted by molar-refractivity contribution is 6.55. The molecule has 1 unspecified atom stereocenters. The average Bonchev–Trinajstić information content (AvgIpc) is 2.91. The van der Waals surface area contributed by atoms with E-state index in [1.54, 1.807) is 24.4 Å². The van der Waals surface area contributed by atoms with Gasteiger partial charge in [-0.05, 0) is 25.5 Å². The number of aromatic nitrogens is 1. The van der Waals surface area contributed by atoms with Gasteiger partial charge in [-0.3, -0.25) is 0 Å². The Kier molecular flexibility index (Phi) is 12.4. The van der Waals surface area contributed by atoms with Crippen LogP contribution in [0, 0.1) is 0 Å². The summed E-state index contributed by atoms with van der Waals surface area (Å²) in [5.41, 5.74) is 2.48. The molecule has 10 heteroatoms. The van der Waals surface area contributed by atoms with Crippen LogP contribution in [0.4, 0.5) is 0 Å². The first-order chi connectivity index (χ1) is 18.4. The lowest BCUT2D eigenvalue weighted by atomic mass is 10.0. The number of nitrogens with zero attached hydrogens (tertiary/aromatic N) is 2. The summed E-state index contributed by atoms with van der Waals surface area (Å²) in [5, 5.41) is 5.06. The molecular weight excluding hydrogens is 570 g/mol. The number of benzene rings is 2.